The maximum Gasteiger partial charge on any atom is 0.230 e. The zero-order chi connectivity index (χ0) is 14.0. The summed E-state index contributed by atoms with van der Waals surface area (Å²) in [5.41, 5.74) is 2.40. The van der Waals surface area contributed by atoms with Crippen molar-refractivity contribution in [2.45, 2.75) is 23.9 Å². The first-order chi connectivity index (χ1) is 8.95. The molecule has 4 nitrogen and oxygen atoms in total. The lowest BCUT2D eigenvalue weighted by atomic mass is 10.2. The molecule has 1 heterocycles. The number of hydrogen-bond donors (Lipinski definition) is 0. The Morgan fingerprint density at radius 3 is 2.53 bits per heavy atom. The van der Waals surface area contributed by atoms with E-state index in [4.69, 9.17) is 11.6 Å². The molecule has 0 aliphatic heterocycles. The van der Waals surface area contributed by atoms with Crippen LogP contribution in [0, 0.1) is 13.8 Å². The molecule has 0 atom stereocenters. The van der Waals surface area contributed by atoms with Crippen molar-refractivity contribution in [1.82, 2.24) is 15.0 Å². The molecule has 0 aliphatic carbocycles. The third kappa shape index (κ3) is 3.58. The number of halogens is 1. The van der Waals surface area contributed by atoms with E-state index in [1.165, 1.54) is 22.9 Å². The van der Waals surface area contributed by atoms with E-state index in [9.17, 15) is 0 Å². The molecule has 1 aromatic heterocycles. The summed E-state index contributed by atoms with van der Waals surface area (Å²) in [6.07, 6.45) is 0. The zero-order valence-electron chi connectivity index (χ0n) is 11.3. The number of rotatable bonds is 3. The normalized spacial score (nSPS) is 10.6. The minimum absolute atomic E-state index is 0.214. The molecule has 100 valence electrons. The van der Waals surface area contributed by atoms with Crippen LogP contribution in [0.1, 0.15) is 11.1 Å². The molecule has 0 spiro atoms. The number of nitrogens with zero attached hydrogens (tertiary/aromatic N) is 4. The maximum absolute atomic E-state index is 5.93. The lowest BCUT2D eigenvalue weighted by molar-refractivity contribution is 0.865. The van der Waals surface area contributed by atoms with E-state index in [1.54, 1.807) is 4.90 Å². The first-order valence-corrected chi connectivity index (χ1v) is 6.99. The van der Waals surface area contributed by atoms with Crippen molar-refractivity contribution < 1.29 is 0 Å². The van der Waals surface area contributed by atoms with Crippen molar-refractivity contribution in [1.29, 1.82) is 0 Å². The summed E-state index contributed by atoms with van der Waals surface area (Å²) in [4.78, 5) is 15.6. The van der Waals surface area contributed by atoms with E-state index < -0.39 is 0 Å². The van der Waals surface area contributed by atoms with E-state index in [2.05, 4.69) is 47.0 Å². The number of aryl methyl sites for hydroxylation is 2. The predicted octanol–water partition coefficient (Wildman–Crippen LogP) is 3.36. The highest BCUT2D eigenvalue weighted by molar-refractivity contribution is 7.99. The fraction of sp³-hybridized carbons (Fsp3) is 0.308. The largest absolute Gasteiger partial charge is 0.347 e. The summed E-state index contributed by atoms with van der Waals surface area (Å²) in [5, 5.41) is 0.823. The SMILES string of the molecule is Cc1ccc(C)c(Sc2nc(Cl)nc(N(C)C)n2)c1. The van der Waals surface area contributed by atoms with Crippen molar-refractivity contribution >= 4 is 29.3 Å². The number of anilines is 1. The molecular weight excluding hydrogens is 280 g/mol. The Balaban J connectivity index is 2.35. The number of aromatic nitrogens is 3. The molecule has 1 aromatic carbocycles. The van der Waals surface area contributed by atoms with Gasteiger partial charge in [0.2, 0.25) is 11.2 Å². The fourth-order valence-electron chi connectivity index (χ4n) is 1.48. The van der Waals surface area contributed by atoms with Gasteiger partial charge in [-0.1, -0.05) is 12.1 Å². The van der Waals surface area contributed by atoms with Gasteiger partial charge in [-0.05, 0) is 54.4 Å². The molecule has 19 heavy (non-hydrogen) atoms. The van der Waals surface area contributed by atoms with Gasteiger partial charge in [-0.25, -0.2) is 0 Å². The molecule has 2 rings (SSSR count). The number of benzene rings is 1. The monoisotopic (exact) mass is 294 g/mol. The quantitative estimate of drug-likeness (QED) is 0.868. The van der Waals surface area contributed by atoms with Crippen LogP contribution in [0.2, 0.25) is 5.28 Å². The highest BCUT2D eigenvalue weighted by atomic mass is 35.5. The molecule has 6 heteroatoms. The molecule has 0 aliphatic rings. The molecule has 0 saturated heterocycles. The highest BCUT2D eigenvalue weighted by Gasteiger charge is 2.09. The Morgan fingerprint density at radius 2 is 1.84 bits per heavy atom. The van der Waals surface area contributed by atoms with Gasteiger partial charge in [0, 0.05) is 19.0 Å². The van der Waals surface area contributed by atoms with Gasteiger partial charge in [0.25, 0.3) is 0 Å². The summed E-state index contributed by atoms with van der Waals surface area (Å²) in [5.74, 6) is 0.563. The van der Waals surface area contributed by atoms with Crippen LogP contribution in [-0.2, 0) is 0 Å². The van der Waals surface area contributed by atoms with Crippen LogP contribution >= 0.6 is 23.4 Å². The molecule has 0 amide bonds. The van der Waals surface area contributed by atoms with Crippen LogP contribution in [0.3, 0.4) is 0 Å². The van der Waals surface area contributed by atoms with E-state index in [0.29, 0.717) is 11.1 Å². The Morgan fingerprint density at radius 1 is 1.11 bits per heavy atom. The van der Waals surface area contributed by atoms with Gasteiger partial charge in [-0.15, -0.1) is 0 Å². The molecule has 0 radical (unpaired) electrons. The average Bonchev–Trinajstić information content (AvgIpc) is 2.33. The van der Waals surface area contributed by atoms with Crippen LogP contribution in [-0.4, -0.2) is 29.0 Å². The molecule has 0 saturated carbocycles. The fourth-order valence-corrected chi connectivity index (χ4v) is 2.62. The van der Waals surface area contributed by atoms with Crippen molar-refractivity contribution in [3.05, 3.63) is 34.6 Å². The molecule has 0 N–H and O–H groups in total. The van der Waals surface area contributed by atoms with Crippen molar-refractivity contribution in [2.75, 3.05) is 19.0 Å². The van der Waals surface area contributed by atoms with Crippen LogP contribution in [0.15, 0.2) is 28.3 Å². The Hall–Kier alpha value is -1.33. The van der Waals surface area contributed by atoms with Gasteiger partial charge in [-0.2, -0.15) is 15.0 Å². The second-order valence-electron chi connectivity index (χ2n) is 4.45. The van der Waals surface area contributed by atoms with E-state index in [-0.39, 0.29) is 5.28 Å². The first-order valence-electron chi connectivity index (χ1n) is 5.79. The topological polar surface area (TPSA) is 41.9 Å². The highest BCUT2D eigenvalue weighted by Crippen LogP contribution is 2.29. The first kappa shape index (κ1) is 14.1. The van der Waals surface area contributed by atoms with Gasteiger partial charge in [-0.3, -0.25) is 0 Å². The summed E-state index contributed by atoms with van der Waals surface area (Å²) >= 11 is 7.43. The maximum atomic E-state index is 5.93. The minimum atomic E-state index is 0.214. The third-order valence-electron chi connectivity index (χ3n) is 2.52. The van der Waals surface area contributed by atoms with Crippen LogP contribution < -0.4 is 4.90 Å². The minimum Gasteiger partial charge on any atom is -0.347 e. The summed E-state index contributed by atoms with van der Waals surface area (Å²) in [7, 11) is 3.75. The molecule has 0 unspecified atom stereocenters. The average molecular weight is 295 g/mol. The van der Waals surface area contributed by atoms with E-state index in [0.717, 1.165) is 4.90 Å². The number of hydrogen-bond acceptors (Lipinski definition) is 5. The molecule has 0 fully saturated rings. The summed E-state index contributed by atoms with van der Waals surface area (Å²) in [6, 6.07) is 6.30. The van der Waals surface area contributed by atoms with Gasteiger partial charge in [0.05, 0.1) is 0 Å². The van der Waals surface area contributed by atoms with E-state index >= 15 is 0 Å². The third-order valence-corrected chi connectivity index (χ3v) is 3.71. The summed E-state index contributed by atoms with van der Waals surface area (Å²) < 4.78 is 0. The molecule has 0 bridgehead atoms. The lowest BCUT2D eigenvalue weighted by Gasteiger charge is -2.11. The van der Waals surface area contributed by atoms with Crippen molar-refractivity contribution in [2.24, 2.45) is 0 Å². The van der Waals surface area contributed by atoms with Gasteiger partial charge in [0.15, 0.2) is 5.16 Å². The Labute approximate surface area is 122 Å². The van der Waals surface area contributed by atoms with Gasteiger partial charge >= 0.3 is 0 Å². The van der Waals surface area contributed by atoms with Crippen molar-refractivity contribution in [3.63, 3.8) is 0 Å². The predicted molar refractivity (Wildman–Crippen MR) is 79.2 cm³/mol. The van der Waals surface area contributed by atoms with Crippen LogP contribution in [0.4, 0.5) is 5.95 Å². The van der Waals surface area contributed by atoms with E-state index in [1.807, 2.05) is 14.1 Å². The standard InChI is InChI=1S/C13H15ClN4S/c1-8-5-6-9(2)10(7-8)19-13-16-11(14)15-12(17-13)18(3)4/h5-7H,1-4H3. The Kier molecular flexibility index (Phi) is 4.27. The smallest absolute Gasteiger partial charge is 0.230 e. The van der Waals surface area contributed by atoms with Crippen molar-refractivity contribution in [3.8, 4) is 0 Å². The second-order valence-corrected chi connectivity index (χ2v) is 5.80. The summed E-state index contributed by atoms with van der Waals surface area (Å²) in [6.45, 7) is 4.13. The van der Waals surface area contributed by atoms with Gasteiger partial charge < -0.3 is 4.90 Å². The second kappa shape index (κ2) is 5.75. The Bertz CT molecular complexity index is 601. The van der Waals surface area contributed by atoms with Crippen LogP contribution in [0.5, 0.6) is 0 Å². The zero-order valence-corrected chi connectivity index (χ0v) is 12.9. The molecular formula is C13H15ClN4S. The lowest BCUT2D eigenvalue weighted by Crippen LogP contribution is -2.13. The van der Waals surface area contributed by atoms with Crippen LogP contribution in [0.25, 0.3) is 0 Å². The van der Waals surface area contributed by atoms with Gasteiger partial charge in [0.1, 0.15) is 0 Å². The molecule has 2 aromatic rings.